The third kappa shape index (κ3) is 5.36. The minimum Gasteiger partial charge on any atom is -0.325 e. The number of rotatable bonds is 6. The number of thioether (sulfide) groups is 1. The van der Waals surface area contributed by atoms with Crippen LogP contribution in [0.1, 0.15) is 21.5 Å². The van der Waals surface area contributed by atoms with Gasteiger partial charge < -0.3 is 5.32 Å². The van der Waals surface area contributed by atoms with Crippen molar-refractivity contribution in [3.63, 3.8) is 0 Å². The van der Waals surface area contributed by atoms with E-state index in [-0.39, 0.29) is 22.4 Å². The average molecular weight is 434 g/mol. The van der Waals surface area contributed by atoms with Crippen molar-refractivity contribution in [1.29, 1.82) is 0 Å². The smallest absolute Gasteiger partial charge is 0.260 e. The first-order valence-corrected chi connectivity index (χ1v) is 10.2. The second-order valence-corrected chi connectivity index (χ2v) is 8.24. The summed E-state index contributed by atoms with van der Waals surface area (Å²) in [7, 11) is 0. The molecule has 0 spiro atoms. The summed E-state index contributed by atoms with van der Waals surface area (Å²) >= 11 is 2.22. The van der Waals surface area contributed by atoms with Crippen molar-refractivity contribution < 1.29 is 18.4 Å². The Morgan fingerprint density at radius 3 is 2.66 bits per heavy atom. The maximum Gasteiger partial charge on any atom is 0.260 e. The van der Waals surface area contributed by atoms with E-state index in [1.54, 1.807) is 0 Å². The van der Waals surface area contributed by atoms with Gasteiger partial charge in [0.2, 0.25) is 11.0 Å². The van der Waals surface area contributed by atoms with E-state index in [0.717, 1.165) is 52.0 Å². The number of anilines is 2. The summed E-state index contributed by atoms with van der Waals surface area (Å²) in [5, 5.41) is 13.1. The SMILES string of the molecule is Cc1cccc(NC(=O)CSc2nnc(NC(=O)c3ccc(F)cc3F)s2)c1C. The first kappa shape index (κ1) is 20.9. The lowest BCUT2D eigenvalue weighted by molar-refractivity contribution is -0.113. The van der Waals surface area contributed by atoms with E-state index in [1.807, 2.05) is 32.0 Å². The molecule has 0 aliphatic heterocycles. The van der Waals surface area contributed by atoms with Gasteiger partial charge in [0.15, 0.2) is 4.34 Å². The van der Waals surface area contributed by atoms with E-state index in [4.69, 9.17) is 0 Å². The molecule has 2 aromatic carbocycles. The zero-order valence-corrected chi connectivity index (χ0v) is 17.1. The number of hydrogen-bond donors (Lipinski definition) is 2. The normalized spacial score (nSPS) is 10.6. The fraction of sp³-hybridized carbons (Fsp3) is 0.158. The maximum absolute atomic E-state index is 13.7. The number of halogens is 2. The van der Waals surface area contributed by atoms with Crippen LogP contribution in [0.5, 0.6) is 0 Å². The van der Waals surface area contributed by atoms with Gasteiger partial charge in [0.1, 0.15) is 11.6 Å². The molecule has 1 heterocycles. The van der Waals surface area contributed by atoms with Crippen molar-refractivity contribution in [2.75, 3.05) is 16.4 Å². The van der Waals surface area contributed by atoms with Crippen LogP contribution in [0, 0.1) is 25.5 Å². The second kappa shape index (κ2) is 9.10. The molecule has 0 aliphatic rings. The molecule has 0 bridgehead atoms. The molecule has 0 saturated carbocycles. The molecular weight excluding hydrogens is 418 g/mol. The monoisotopic (exact) mass is 434 g/mol. The van der Waals surface area contributed by atoms with Crippen LogP contribution in [-0.4, -0.2) is 27.8 Å². The molecule has 2 N–H and O–H groups in total. The molecule has 0 unspecified atom stereocenters. The average Bonchev–Trinajstić information content (AvgIpc) is 3.11. The first-order chi connectivity index (χ1) is 13.8. The summed E-state index contributed by atoms with van der Waals surface area (Å²) in [6.07, 6.45) is 0. The fourth-order valence-electron chi connectivity index (χ4n) is 2.36. The fourth-order valence-corrected chi connectivity index (χ4v) is 3.90. The van der Waals surface area contributed by atoms with E-state index in [2.05, 4.69) is 20.8 Å². The first-order valence-electron chi connectivity index (χ1n) is 8.42. The zero-order valence-electron chi connectivity index (χ0n) is 15.5. The molecule has 0 aliphatic carbocycles. The van der Waals surface area contributed by atoms with Crippen molar-refractivity contribution >= 4 is 45.7 Å². The van der Waals surface area contributed by atoms with Gasteiger partial charge in [-0.15, -0.1) is 10.2 Å². The molecular formula is C19H16F2N4O2S2. The van der Waals surface area contributed by atoms with Crippen LogP contribution in [0.25, 0.3) is 0 Å². The van der Waals surface area contributed by atoms with Crippen molar-refractivity contribution in [2.45, 2.75) is 18.2 Å². The van der Waals surface area contributed by atoms with Gasteiger partial charge in [0.05, 0.1) is 11.3 Å². The Morgan fingerprint density at radius 1 is 1.10 bits per heavy atom. The maximum atomic E-state index is 13.7. The lowest BCUT2D eigenvalue weighted by Crippen LogP contribution is -2.15. The van der Waals surface area contributed by atoms with Gasteiger partial charge in [0.25, 0.3) is 5.91 Å². The highest BCUT2D eigenvalue weighted by molar-refractivity contribution is 8.01. The molecule has 2 amide bonds. The Kier molecular flexibility index (Phi) is 6.55. The predicted molar refractivity (Wildman–Crippen MR) is 109 cm³/mol. The summed E-state index contributed by atoms with van der Waals surface area (Å²) in [5.41, 5.74) is 2.53. The molecule has 3 aromatic rings. The molecule has 0 atom stereocenters. The van der Waals surface area contributed by atoms with Crippen LogP contribution >= 0.6 is 23.1 Å². The summed E-state index contributed by atoms with van der Waals surface area (Å²) in [6.45, 7) is 3.90. The van der Waals surface area contributed by atoms with Crippen LogP contribution in [0.15, 0.2) is 40.7 Å². The number of carbonyl (C=O) groups excluding carboxylic acids is 2. The van der Waals surface area contributed by atoms with Gasteiger partial charge in [-0.1, -0.05) is 35.2 Å². The quantitative estimate of drug-likeness (QED) is 0.443. The van der Waals surface area contributed by atoms with E-state index < -0.39 is 17.5 Å². The summed E-state index contributed by atoms with van der Waals surface area (Å²) in [5.74, 6) is -2.58. The molecule has 150 valence electrons. The number of aromatic nitrogens is 2. The highest BCUT2D eigenvalue weighted by Crippen LogP contribution is 2.26. The van der Waals surface area contributed by atoms with Gasteiger partial charge >= 0.3 is 0 Å². The van der Waals surface area contributed by atoms with Gasteiger partial charge in [-0.3, -0.25) is 14.9 Å². The topological polar surface area (TPSA) is 84.0 Å². The molecule has 29 heavy (non-hydrogen) atoms. The standard InChI is InChI=1S/C19H16F2N4O2S2/c1-10-4-3-5-15(11(10)2)22-16(26)9-28-19-25-24-18(29-19)23-17(27)13-7-6-12(20)8-14(13)21/h3-8H,9H2,1-2H3,(H,22,26)(H,23,24,27). The number of nitrogens with zero attached hydrogens (tertiary/aromatic N) is 2. The Bertz CT molecular complexity index is 1070. The molecule has 1 aromatic heterocycles. The van der Waals surface area contributed by atoms with E-state index in [1.165, 1.54) is 0 Å². The van der Waals surface area contributed by atoms with E-state index in [9.17, 15) is 18.4 Å². The molecule has 0 fully saturated rings. The highest BCUT2D eigenvalue weighted by atomic mass is 32.2. The lowest BCUT2D eigenvalue weighted by Gasteiger charge is -2.09. The summed E-state index contributed by atoms with van der Waals surface area (Å²) < 4.78 is 27.1. The van der Waals surface area contributed by atoms with Crippen LogP contribution in [0.3, 0.4) is 0 Å². The molecule has 3 rings (SSSR count). The Hall–Kier alpha value is -2.85. The van der Waals surface area contributed by atoms with Gasteiger partial charge in [-0.2, -0.15) is 0 Å². The Morgan fingerprint density at radius 2 is 1.90 bits per heavy atom. The number of benzene rings is 2. The second-order valence-electron chi connectivity index (χ2n) is 6.04. The van der Waals surface area contributed by atoms with E-state index >= 15 is 0 Å². The molecule has 0 radical (unpaired) electrons. The van der Waals surface area contributed by atoms with Crippen LogP contribution in [0.4, 0.5) is 19.6 Å². The molecule has 0 saturated heterocycles. The summed E-state index contributed by atoms with van der Waals surface area (Å²) in [6, 6.07) is 8.34. The third-order valence-electron chi connectivity index (χ3n) is 4.01. The number of amides is 2. The van der Waals surface area contributed by atoms with Crippen LogP contribution < -0.4 is 10.6 Å². The minimum atomic E-state index is -0.968. The van der Waals surface area contributed by atoms with Crippen molar-refractivity contribution in [1.82, 2.24) is 10.2 Å². The number of nitrogens with one attached hydrogen (secondary N) is 2. The predicted octanol–water partition coefficient (Wildman–Crippen LogP) is 4.42. The van der Waals surface area contributed by atoms with Crippen LogP contribution in [-0.2, 0) is 4.79 Å². The van der Waals surface area contributed by atoms with Gasteiger partial charge in [-0.05, 0) is 43.2 Å². The third-order valence-corrected chi connectivity index (χ3v) is 5.98. The number of aryl methyl sites for hydroxylation is 1. The lowest BCUT2D eigenvalue weighted by atomic mass is 10.1. The Balaban J connectivity index is 1.55. The largest absolute Gasteiger partial charge is 0.325 e. The number of hydrogen-bond acceptors (Lipinski definition) is 6. The van der Waals surface area contributed by atoms with Crippen molar-refractivity contribution in [3.8, 4) is 0 Å². The van der Waals surface area contributed by atoms with E-state index in [0.29, 0.717) is 10.4 Å². The van der Waals surface area contributed by atoms with Crippen LogP contribution in [0.2, 0.25) is 0 Å². The summed E-state index contributed by atoms with van der Waals surface area (Å²) in [4.78, 5) is 24.2. The number of carbonyl (C=O) groups is 2. The Labute approximate surface area is 173 Å². The molecule has 6 nitrogen and oxygen atoms in total. The molecule has 10 heteroatoms. The minimum absolute atomic E-state index is 0.114. The van der Waals surface area contributed by atoms with Gasteiger partial charge in [-0.25, -0.2) is 8.78 Å². The van der Waals surface area contributed by atoms with Crippen molar-refractivity contribution in [3.05, 3.63) is 64.7 Å². The zero-order chi connectivity index (χ0) is 21.0. The van der Waals surface area contributed by atoms with Crippen molar-refractivity contribution in [2.24, 2.45) is 0 Å². The van der Waals surface area contributed by atoms with Gasteiger partial charge in [0, 0.05) is 11.8 Å². The highest BCUT2D eigenvalue weighted by Gasteiger charge is 2.16.